The van der Waals surface area contributed by atoms with E-state index in [1.807, 2.05) is 37.3 Å². The van der Waals surface area contributed by atoms with Crippen LogP contribution >= 0.6 is 11.3 Å². The predicted molar refractivity (Wildman–Crippen MR) is 143 cm³/mol. The fourth-order valence-electron chi connectivity index (χ4n) is 3.84. The number of amides is 1. The van der Waals surface area contributed by atoms with E-state index in [9.17, 15) is 18.0 Å². The Morgan fingerprint density at radius 1 is 0.917 bits per heavy atom. The van der Waals surface area contributed by atoms with Crippen LogP contribution in [0.1, 0.15) is 76.2 Å². The van der Waals surface area contributed by atoms with Crippen LogP contribution < -0.4 is 10.1 Å². The number of hydrogen-bond donors (Lipinski definition) is 3. The van der Waals surface area contributed by atoms with E-state index in [-0.39, 0.29) is 24.7 Å². The van der Waals surface area contributed by atoms with Gasteiger partial charge in [0.05, 0.1) is 12.4 Å². The zero-order chi connectivity index (χ0) is 26.4. The molecule has 3 N–H and O–H groups in total. The van der Waals surface area contributed by atoms with Gasteiger partial charge in [-0.15, -0.1) is 11.3 Å². The van der Waals surface area contributed by atoms with Crippen LogP contribution in [-0.4, -0.2) is 42.3 Å². The molecule has 10 heteroatoms. The summed E-state index contributed by atoms with van der Waals surface area (Å²) in [6.45, 7) is 2.21. The first-order chi connectivity index (χ1) is 17.2. The fraction of sp³-hybridized carbons (Fsp3) is 0.538. The highest BCUT2D eigenvalue weighted by molar-refractivity contribution is 7.85. The van der Waals surface area contributed by atoms with Crippen LogP contribution in [0.4, 0.5) is 5.00 Å². The number of carboxylic acids is 1. The second-order valence-corrected chi connectivity index (χ2v) is 11.4. The first-order valence-corrected chi connectivity index (χ1v) is 14.9. The summed E-state index contributed by atoms with van der Waals surface area (Å²) < 4.78 is 36.0. The average molecular weight is 540 g/mol. The van der Waals surface area contributed by atoms with Gasteiger partial charge in [-0.1, -0.05) is 68.9 Å². The molecule has 0 spiro atoms. The summed E-state index contributed by atoms with van der Waals surface area (Å²) in [4.78, 5) is 24.4. The molecule has 0 aliphatic heterocycles. The molecule has 36 heavy (non-hydrogen) atoms. The minimum Gasteiger partial charge on any atom is -0.490 e. The van der Waals surface area contributed by atoms with Gasteiger partial charge in [-0.25, -0.2) is 0 Å². The summed E-state index contributed by atoms with van der Waals surface area (Å²) in [5.41, 5.74) is 1.96. The van der Waals surface area contributed by atoms with Crippen LogP contribution in [0.5, 0.6) is 5.75 Å². The van der Waals surface area contributed by atoms with E-state index in [4.69, 9.17) is 14.4 Å². The Labute approximate surface area is 217 Å². The molecule has 0 saturated carbocycles. The maximum Gasteiger partial charge on any atom is 0.303 e. The molecule has 0 atom stereocenters. The smallest absolute Gasteiger partial charge is 0.303 e. The maximum atomic E-state index is 12.6. The SMILES string of the molecule is Cc1c(-c2ccccc2)sc(NC(=O)CCCCCCCCCCS(=O)(=O)O)c1OCCCC(=O)O. The van der Waals surface area contributed by atoms with Gasteiger partial charge in [0.1, 0.15) is 5.00 Å². The highest BCUT2D eigenvalue weighted by atomic mass is 32.2. The molecule has 0 unspecified atom stereocenters. The molecule has 0 bridgehead atoms. The van der Waals surface area contributed by atoms with Crippen LogP contribution in [-0.2, 0) is 19.7 Å². The van der Waals surface area contributed by atoms with Crippen molar-refractivity contribution in [3.8, 4) is 16.2 Å². The number of rotatable bonds is 18. The number of unbranched alkanes of at least 4 members (excludes halogenated alkanes) is 7. The van der Waals surface area contributed by atoms with Crippen LogP contribution in [0.15, 0.2) is 30.3 Å². The number of carbonyl (C=O) groups is 2. The van der Waals surface area contributed by atoms with Crippen molar-refractivity contribution in [3.63, 3.8) is 0 Å². The van der Waals surface area contributed by atoms with Gasteiger partial charge in [-0.3, -0.25) is 14.1 Å². The standard InChI is InChI=1S/C26H37NO7S2/c1-20-24(34-18-13-17-23(29)30)26(35-25(20)21-14-9-8-10-15-21)27-22(28)16-11-6-4-2-3-5-7-12-19-36(31,32)33/h8-10,14-15H,2-7,11-13,16-19H2,1H3,(H,27,28)(H,29,30)(H,31,32,33). The van der Waals surface area contributed by atoms with Crippen LogP contribution in [0.25, 0.3) is 10.4 Å². The number of thiophene rings is 1. The lowest BCUT2D eigenvalue weighted by molar-refractivity contribution is -0.137. The molecule has 0 radical (unpaired) electrons. The molecule has 2 aromatic rings. The third-order valence-electron chi connectivity index (χ3n) is 5.72. The molecule has 0 aliphatic rings. The molecule has 0 saturated heterocycles. The fourth-order valence-corrected chi connectivity index (χ4v) is 5.58. The molecule has 0 aliphatic carbocycles. The van der Waals surface area contributed by atoms with Crippen LogP contribution in [0, 0.1) is 6.92 Å². The third-order valence-corrected chi connectivity index (χ3v) is 7.76. The van der Waals surface area contributed by atoms with Gasteiger partial charge < -0.3 is 15.2 Å². The summed E-state index contributed by atoms with van der Waals surface area (Å²) in [6.07, 6.45) is 7.81. The number of benzene rings is 1. The van der Waals surface area contributed by atoms with Gasteiger partial charge in [-0.2, -0.15) is 8.42 Å². The molecular formula is C26H37NO7S2. The van der Waals surface area contributed by atoms with Crippen LogP contribution in [0.2, 0.25) is 0 Å². The number of carbonyl (C=O) groups excluding carboxylic acids is 1. The quantitative estimate of drug-likeness (QED) is 0.150. The van der Waals surface area contributed by atoms with Gasteiger partial charge in [0.15, 0.2) is 5.75 Å². The molecule has 1 amide bonds. The lowest BCUT2D eigenvalue weighted by atomic mass is 10.1. The predicted octanol–water partition coefficient (Wildman–Crippen LogP) is 6.30. The summed E-state index contributed by atoms with van der Waals surface area (Å²) in [5.74, 6) is -0.507. The Bertz CT molecular complexity index is 1070. The normalized spacial score (nSPS) is 11.4. The number of hydrogen-bond acceptors (Lipinski definition) is 6. The second kappa shape index (κ2) is 15.6. The Morgan fingerprint density at radius 3 is 2.14 bits per heavy atom. The monoisotopic (exact) mass is 539 g/mol. The van der Waals surface area contributed by atoms with Crippen molar-refractivity contribution in [2.24, 2.45) is 0 Å². The Hall–Kier alpha value is -2.43. The first-order valence-electron chi connectivity index (χ1n) is 12.5. The van der Waals surface area contributed by atoms with Gasteiger partial charge >= 0.3 is 5.97 Å². The second-order valence-electron chi connectivity index (χ2n) is 8.84. The van der Waals surface area contributed by atoms with Gasteiger partial charge in [-0.05, 0) is 31.7 Å². The maximum absolute atomic E-state index is 12.6. The molecule has 2 rings (SSSR count). The number of carboxylic acid groups (broad SMARTS) is 1. The summed E-state index contributed by atoms with van der Waals surface area (Å²) in [6, 6.07) is 9.88. The first kappa shape index (κ1) is 29.8. The van der Waals surface area contributed by atoms with E-state index in [2.05, 4.69) is 5.32 Å². The lowest BCUT2D eigenvalue weighted by Crippen LogP contribution is -2.11. The molecular weight excluding hydrogens is 502 g/mol. The van der Waals surface area contributed by atoms with Gasteiger partial charge in [0, 0.05) is 23.3 Å². The van der Waals surface area contributed by atoms with Gasteiger partial charge in [0.2, 0.25) is 5.91 Å². The molecule has 0 fully saturated rings. The molecule has 1 heterocycles. The van der Waals surface area contributed by atoms with Gasteiger partial charge in [0.25, 0.3) is 10.1 Å². The largest absolute Gasteiger partial charge is 0.490 e. The van der Waals surface area contributed by atoms with Crippen molar-refractivity contribution in [3.05, 3.63) is 35.9 Å². The Balaban J connectivity index is 1.80. The summed E-state index contributed by atoms with van der Waals surface area (Å²) in [7, 11) is -3.85. The molecule has 1 aromatic carbocycles. The van der Waals surface area contributed by atoms with Crippen molar-refractivity contribution in [1.29, 1.82) is 0 Å². The van der Waals surface area contributed by atoms with E-state index in [1.54, 1.807) is 0 Å². The van der Waals surface area contributed by atoms with Crippen molar-refractivity contribution >= 4 is 38.3 Å². The summed E-state index contributed by atoms with van der Waals surface area (Å²) in [5, 5.41) is 12.5. The third kappa shape index (κ3) is 11.5. The Kier molecular flexibility index (Phi) is 12.9. The minimum absolute atomic E-state index is 0.0288. The van der Waals surface area contributed by atoms with E-state index >= 15 is 0 Å². The van der Waals surface area contributed by atoms with E-state index in [0.717, 1.165) is 60.9 Å². The lowest BCUT2D eigenvalue weighted by Gasteiger charge is -2.09. The van der Waals surface area contributed by atoms with E-state index < -0.39 is 16.1 Å². The van der Waals surface area contributed by atoms with Crippen molar-refractivity contribution < 1.29 is 32.4 Å². The zero-order valence-corrected chi connectivity index (χ0v) is 22.5. The van der Waals surface area contributed by atoms with E-state index in [1.165, 1.54) is 11.3 Å². The molecule has 200 valence electrons. The highest BCUT2D eigenvalue weighted by Crippen LogP contribution is 2.45. The zero-order valence-electron chi connectivity index (χ0n) is 20.8. The van der Waals surface area contributed by atoms with E-state index in [0.29, 0.717) is 30.0 Å². The molecule has 1 aromatic heterocycles. The number of nitrogens with one attached hydrogen (secondary N) is 1. The summed E-state index contributed by atoms with van der Waals surface area (Å²) >= 11 is 1.46. The van der Waals surface area contributed by atoms with Crippen molar-refractivity contribution in [1.82, 2.24) is 0 Å². The number of aliphatic carboxylic acids is 1. The number of anilines is 1. The average Bonchev–Trinajstić information content (AvgIpc) is 3.12. The Morgan fingerprint density at radius 2 is 1.53 bits per heavy atom. The van der Waals surface area contributed by atoms with Crippen molar-refractivity contribution in [2.45, 2.75) is 77.6 Å². The highest BCUT2D eigenvalue weighted by Gasteiger charge is 2.19. The van der Waals surface area contributed by atoms with Crippen LogP contribution in [0.3, 0.4) is 0 Å². The number of ether oxygens (including phenoxy) is 1. The molecule has 8 nitrogen and oxygen atoms in total. The minimum atomic E-state index is -3.85. The van der Waals surface area contributed by atoms with Crippen molar-refractivity contribution in [2.75, 3.05) is 17.7 Å². The topological polar surface area (TPSA) is 130 Å².